The fourth-order valence-electron chi connectivity index (χ4n) is 3.08. The second-order valence-corrected chi connectivity index (χ2v) is 6.16. The molecule has 0 radical (unpaired) electrons. The molecule has 1 aliphatic heterocycles. The molecule has 0 fully saturated rings. The van der Waals surface area contributed by atoms with Crippen LogP contribution in [-0.4, -0.2) is 66.6 Å². The molecule has 4 rings (SSSR count). The number of carbonyl (C=O) groups is 2. The topological polar surface area (TPSA) is 111 Å². The lowest BCUT2D eigenvalue weighted by atomic mass is 10.1. The van der Waals surface area contributed by atoms with E-state index >= 15 is 0 Å². The first-order chi connectivity index (χ1) is 13.2. The van der Waals surface area contributed by atoms with E-state index in [1.165, 1.54) is 11.0 Å². The predicted octanol–water partition coefficient (Wildman–Crippen LogP) is -0.0831. The zero-order chi connectivity index (χ0) is 18.8. The van der Waals surface area contributed by atoms with Crippen LogP contribution in [0.15, 0.2) is 36.8 Å². The molecule has 27 heavy (non-hydrogen) atoms. The number of tetrazole rings is 1. The minimum Gasteiger partial charge on any atom is -0.354 e. The fraction of sp³-hybridized carbons (Fsp3) is 0.294. The third-order valence-corrected chi connectivity index (χ3v) is 4.55. The summed E-state index contributed by atoms with van der Waals surface area (Å²) in [5.41, 5.74) is 1.80. The van der Waals surface area contributed by atoms with Crippen LogP contribution in [0.4, 0.5) is 0 Å². The lowest BCUT2D eigenvalue weighted by Crippen LogP contribution is -2.33. The summed E-state index contributed by atoms with van der Waals surface area (Å²) < 4.78 is 3.47. The third-order valence-electron chi connectivity index (χ3n) is 4.55. The van der Waals surface area contributed by atoms with Crippen molar-refractivity contribution in [2.75, 3.05) is 20.1 Å². The van der Waals surface area contributed by atoms with Gasteiger partial charge in [0.1, 0.15) is 17.8 Å². The Hall–Kier alpha value is -3.56. The van der Waals surface area contributed by atoms with Gasteiger partial charge < -0.3 is 14.8 Å². The Bertz CT molecular complexity index is 936. The van der Waals surface area contributed by atoms with E-state index in [0.717, 1.165) is 11.5 Å². The maximum Gasteiger partial charge on any atom is 0.271 e. The van der Waals surface area contributed by atoms with Crippen molar-refractivity contribution in [3.8, 4) is 5.69 Å². The Labute approximate surface area is 154 Å². The van der Waals surface area contributed by atoms with Crippen molar-refractivity contribution < 1.29 is 9.59 Å². The van der Waals surface area contributed by atoms with Gasteiger partial charge in [0.2, 0.25) is 0 Å². The minimum absolute atomic E-state index is 0.0319. The van der Waals surface area contributed by atoms with Crippen LogP contribution in [0, 0.1) is 0 Å². The van der Waals surface area contributed by atoms with Crippen LogP contribution in [0.2, 0.25) is 0 Å². The van der Waals surface area contributed by atoms with Crippen LogP contribution in [0.1, 0.15) is 26.7 Å². The summed E-state index contributed by atoms with van der Waals surface area (Å²) in [6, 6.07) is 7.16. The summed E-state index contributed by atoms with van der Waals surface area (Å²) in [7, 11) is 1.58. The van der Waals surface area contributed by atoms with Crippen LogP contribution >= 0.6 is 0 Å². The second kappa shape index (κ2) is 6.98. The third kappa shape index (κ3) is 3.28. The highest BCUT2D eigenvalue weighted by Crippen LogP contribution is 2.14. The van der Waals surface area contributed by atoms with Crippen LogP contribution in [0.5, 0.6) is 0 Å². The average Bonchev–Trinajstić information content (AvgIpc) is 3.34. The quantitative estimate of drug-likeness (QED) is 0.694. The van der Waals surface area contributed by atoms with Crippen molar-refractivity contribution in [3.63, 3.8) is 0 Å². The van der Waals surface area contributed by atoms with E-state index in [1.807, 2.05) is 16.7 Å². The molecule has 0 bridgehead atoms. The van der Waals surface area contributed by atoms with Crippen LogP contribution in [0.25, 0.3) is 5.69 Å². The number of carbonyl (C=O) groups excluding carboxylic acids is 2. The van der Waals surface area contributed by atoms with Gasteiger partial charge in [-0.15, -0.1) is 5.10 Å². The van der Waals surface area contributed by atoms with Gasteiger partial charge in [0.25, 0.3) is 11.8 Å². The summed E-state index contributed by atoms with van der Waals surface area (Å²) in [4.78, 5) is 30.7. The van der Waals surface area contributed by atoms with Crippen molar-refractivity contribution >= 4 is 11.8 Å². The number of benzene rings is 1. The zero-order valence-corrected chi connectivity index (χ0v) is 14.7. The Morgan fingerprint density at radius 2 is 1.93 bits per heavy atom. The minimum atomic E-state index is -0.203. The van der Waals surface area contributed by atoms with E-state index in [1.54, 1.807) is 30.3 Å². The number of nitrogens with zero attached hydrogens (tertiary/aromatic N) is 7. The molecule has 0 saturated carbocycles. The first-order valence-electron chi connectivity index (χ1n) is 8.56. The molecule has 138 valence electrons. The van der Waals surface area contributed by atoms with Gasteiger partial charge in [-0.25, -0.2) is 9.67 Å². The predicted molar refractivity (Wildman–Crippen MR) is 94.4 cm³/mol. The summed E-state index contributed by atoms with van der Waals surface area (Å²) in [5.74, 6) is 0.583. The van der Waals surface area contributed by atoms with E-state index in [2.05, 4.69) is 25.8 Å². The Kier molecular flexibility index (Phi) is 4.37. The molecular weight excluding hydrogens is 348 g/mol. The van der Waals surface area contributed by atoms with Gasteiger partial charge in [-0.1, -0.05) is 0 Å². The summed E-state index contributed by atoms with van der Waals surface area (Å²) in [5, 5.41) is 13.6. The molecule has 0 atom stereocenters. The Morgan fingerprint density at radius 1 is 1.11 bits per heavy atom. The van der Waals surface area contributed by atoms with Gasteiger partial charge in [-0.2, -0.15) is 0 Å². The van der Waals surface area contributed by atoms with Crippen molar-refractivity contribution in [3.05, 3.63) is 53.9 Å². The molecule has 3 heterocycles. The van der Waals surface area contributed by atoms with Gasteiger partial charge in [0, 0.05) is 44.9 Å². The van der Waals surface area contributed by atoms with Gasteiger partial charge in [0.15, 0.2) is 0 Å². The maximum absolute atomic E-state index is 12.8. The monoisotopic (exact) mass is 366 g/mol. The summed E-state index contributed by atoms with van der Waals surface area (Å²) >= 11 is 0. The van der Waals surface area contributed by atoms with E-state index in [-0.39, 0.29) is 11.8 Å². The van der Waals surface area contributed by atoms with Crippen molar-refractivity contribution in [2.24, 2.45) is 0 Å². The van der Waals surface area contributed by atoms with Crippen LogP contribution in [-0.2, 0) is 13.0 Å². The van der Waals surface area contributed by atoms with Crippen molar-refractivity contribution in [2.45, 2.75) is 13.0 Å². The lowest BCUT2D eigenvalue weighted by molar-refractivity contribution is 0.0758. The Balaban J connectivity index is 1.45. The second-order valence-electron chi connectivity index (χ2n) is 6.16. The number of imidazole rings is 1. The maximum atomic E-state index is 12.8. The average molecular weight is 366 g/mol. The first-order valence-corrected chi connectivity index (χ1v) is 8.56. The van der Waals surface area contributed by atoms with E-state index in [9.17, 15) is 9.59 Å². The van der Waals surface area contributed by atoms with Crippen LogP contribution < -0.4 is 5.32 Å². The number of amides is 2. The molecule has 0 saturated heterocycles. The largest absolute Gasteiger partial charge is 0.354 e. The van der Waals surface area contributed by atoms with E-state index < -0.39 is 0 Å². The summed E-state index contributed by atoms with van der Waals surface area (Å²) in [6.45, 7) is 1.72. The number of hydrogen-bond acceptors (Lipinski definition) is 6. The molecule has 1 N–H and O–H groups in total. The highest BCUT2D eigenvalue weighted by Gasteiger charge is 2.22. The number of aromatic nitrogens is 6. The standard InChI is InChI=1S/C17H18N8O2/c1-18-16(26)14-10-24-9-8-23(7-6-15(24)20-14)17(27)12-2-4-13(5-3-12)25-11-19-21-22-25/h2-5,10-11H,6-9H2,1H3,(H,18,26). The molecule has 10 heteroatoms. The summed E-state index contributed by atoms with van der Waals surface area (Å²) in [6.07, 6.45) is 3.84. The zero-order valence-electron chi connectivity index (χ0n) is 14.7. The van der Waals surface area contributed by atoms with Gasteiger partial charge >= 0.3 is 0 Å². The normalized spacial score (nSPS) is 13.7. The highest BCUT2D eigenvalue weighted by atomic mass is 16.2. The van der Waals surface area contributed by atoms with Gasteiger partial charge in [0.05, 0.1) is 5.69 Å². The van der Waals surface area contributed by atoms with E-state index in [4.69, 9.17) is 0 Å². The molecular formula is C17H18N8O2. The van der Waals surface area contributed by atoms with Gasteiger partial charge in [-0.05, 0) is 34.7 Å². The highest BCUT2D eigenvalue weighted by molar-refractivity contribution is 5.94. The van der Waals surface area contributed by atoms with E-state index in [0.29, 0.717) is 37.3 Å². The number of rotatable bonds is 3. The molecule has 0 aliphatic carbocycles. The number of nitrogens with one attached hydrogen (secondary N) is 1. The lowest BCUT2D eigenvalue weighted by Gasteiger charge is -2.20. The fourth-order valence-corrected chi connectivity index (χ4v) is 3.08. The first kappa shape index (κ1) is 16.9. The van der Waals surface area contributed by atoms with Gasteiger partial charge in [-0.3, -0.25) is 9.59 Å². The van der Waals surface area contributed by atoms with Crippen LogP contribution in [0.3, 0.4) is 0 Å². The number of fused-ring (bicyclic) bond motifs is 1. The molecule has 3 aromatic rings. The molecule has 1 aliphatic rings. The molecule has 0 spiro atoms. The molecule has 10 nitrogen and oxygen atoms in total. The smallest absolute Gasteiger partial charge is 0.271 e. The van der Waals surface area contributed by atoms with Crippen molar-refractivity contribution in [1.82, 2.24) is 40.0 Å². The molecule has 2 aromatic heterocycles. The molecule has 0 unspecified atom stereocenters. The molecule has 2 amide bonds. The Morgan fingerprint density at radius 3 is 2.63 bits per heavy atom. The SMILES string of the molecule is CNC(=O)c1cn2c(n1)CCN(C(=O)c1ccc(-n3cnnn3)cc1)CC2. The van der Waals surface area contributed by atoms with Crippen molar-refractivity contribution in [1.29, 1.82) is 0 Å². The number of hydrogen-bond donors (Lipinski definition) is 1. The molecule has 1 aromatic carbocycles.